The standard InChI is InChI=1S/C15H30N2O/c1-15(2,3)12-6-8-17(10-12)9-7-14(11-18)16-13-4-5-13/h12-14,16,18H,4-11H2,1-3H3. The van der Waals surface area contributed by atoms with Crippen molar-refractivity contribution in [3.8, 4) is 0 Å². The Morgan fingerprint density at radius 2 is 2.00 bits per heavy atom. The molecule has 2 atom stereocenters. The Bertz CT molecular complexity index is 258. The molecule has 0 bridgehead atoms. The lowest BCUT2D eigenvalue weighted by Crippen LogP contribution is -2.37. The molecule has 1 saturated heterocycles. The molecule has 0 amide bonds. The van der Waals surface area contributed by atoms with Crippen molar-refractivity contribution in [3.63, 3.8) is 0 Å². The summed E-state index contributed by atoms with van der Waals surface area (Å²) in [6.07, 6.45) is 5.02. The second-order valence-corrected chi connectivity index (χ2v) is 7.26. The Balaban J connectivity index is 1.67. The summed E-state index contributed by atoms with van der Waals surface area (Å²) in [5.41, 5.74) is 0.442. The molecule has 2 rings (SSSR count). The second kappa shape index (κ2) is 5.89. The van der Waals surface area contributed by atoms with E-state index >= 15 is 0 Å². The monoisotopic (exact) mass is 254 g/mol. The maximum Gasteiger partial charge on any atom is 0.0585 e. The summed E-state index contributed by atoms with van der Waals surface area (Å²) >= 11 is 0. The van der Waals surface area contributed by atoms with Crippen LogP contribution in [-0.2, 0) is 0 Å². The first-order valence-electron chi connectivity index (χ1n) is 7.58. The van der Waals surface area contributed by atoms with Gasteiger partial charge in [-0.25, -0.2) is 0 Å². The van der Waals surface area contributed by atoms with Crippen molar-refractivity contribution in [2.24, 2.45) is 11.3 Å². The van der Waals surface area contributed by atoms with Gasteiger partial charge in [-0.2, -0.15) is 0 Å². The first kappa shape index (κ1) is 14.3. The fraction of sp³-hybridized carbons (Fsp3) is 1.00. The number of nitrogens with zero attached hydrogens (tertiary/aromatic N) is 1. The molecule has 1 heterocycles. The molecule has 1 aliphatic heterocycles. The third-order valence-corrected chi connectivity index (χ3v) is 4.56. The SMILES string of the molecule is CC(C)(C)C1CCN(CCC(CO)NC2CC2)C1. The first-order chi connectivity index (χ1) is 8.49. The molecule has 106 valence electrons. The van der Waals surface area contributed by atoms with Crippen molar-refractivity contribution in [2.45, 2.75) is 58.5 Å². The van der Waals surface area contributed by atoms with Crippen LogP contribution in [0.2, 0.25) is 0 Å². The summed E-state index contributed by atoms with van der Waals surface area (Å²) in [7, 11) is 0. The highest BCUT2D eigenvalue weighted by Gasteiger charge is 2.32. The fourth-order valence-electron chi connectivity index (χ4n) is 2.89. The molecule has 2 fully saturated rings. The van der Waals surface area contributed by atoms with Crippen LogP contribution in [0.4, 0.5) is 0 Å². The topological polar surface area (TPSA) is 35.5 Å². The van der Waals surface area contributed by atoms with Crippen LogP contribution in [-0.4, -0.2) is 48.3 Å². The lowest BCUT2D eigenvalue weighted by Gasteiger charge is -2.27. The van der Waals surface area contributed by atoms with Crippen molar-refractivity contribution in [2.75, 3.05) is 26.2 Å². The highest BCUT2D eigenvalue weighted by molar-refractivity contribution is 4.87. The maximum atomic E-state index is 9.38. The Labute approximate surface area is 112 Å². The van der Waals surface area contributed by atoms with Gasteiger partial charge >= 0.3 is 0 Å². The number of rotatable bonds is 6. The van der Waals surface area contributed by atoms with Crippen LogP contribution in [0.3, 0.4) is 0 Å². The maximum absolute atomic E-state index is 9.38. The van der Waals surface area contributed by atoms with E-state index in [1.54, 1.807) is 0 Å². The van der Waals surface area contributed by atoms with Crippen LogP contribution in [0.25, 0.3) is 0 Å². The molecule has 3 heteroatoms. The summed E-state index contributed by atoms with van der Waals surface area (Å²) in [5, 5.41) is 12.9. The van der Waals surface area contributed by atoms with Crippen molar-refractivity contribution in [1.29, 1.82) is 0 Å². The van der Waals surface area contributed by atoms with Gasteiger partial charge in [0.15, 0.2) is 0 Å². The zero-order valence-corrected chi connectivity index (χ0v) is 12.3. The van der Waals surface area contributed by atoms with Gasteiger partial charge in [0.2, 0.25) is 0 Å². The van der Waals surface area contributed by atoms with Crippen LogP contribution >= 0.6 is 0 Å². The summed E-state index contributed by atoms with van der Waals surface area (Å²) < 4.78 is 0. The van der Waals surface area contributed by atoms with Gasteiger partial charge in [-0.05, 0) is 50.1 Å². The number of hydrogen-bond acceptors (Lipinski definition) is 3. The van der Waals surface area contributed by atoms with E-state index in [1.807, 2.05) is 0 Å². The van der Waals surface area contributed by atoms with E-state index in [0.29, 0.717) is 17.5 Å². The van der Waals surface area contributed by atoms with Crippen LogP contribution in [0.5, 0.6) is 0 Å². The minimum Gasteiger partial charge on any atom is -0.395 e. The number of aliphatic hydroxyl groups is 1. The fourth-order valence-corrected chi connectivity index (χ4v) is 2.89. The van der Waals surface area contributed by atoms with Crippen LogP contribution in [0, 0.1) is 11.3 Å². The summed E-state index contributed by atoms with van der Waals surface area (Å²) in [6, 6.07) is 1.01. The highest BCUT2D eigenvalue weighted by atomic mass is 16.3. The van der Waals surface area contributed by atoms with Gasteiger partial charge in [0.05, 0.1) is 6.61 Å². The molecule has 0 aromatic rings. The van der Waals surface area contributed by atoms with Crippen molar-refractivity contribution < 1.29 is 5.11 Å². The predicted octanol–water partition coefficient (Wildman–Crippen LogP) is 1.86. The molecule has 2 N–H and O–H groups in total. The normalized spacial score (nSPS) is 27.7. The van der Waals surface area contributed by atoms with Gasteiger partial charge in [-0.15, -0.1) is 0 Å². The Morgan fingerprint density at radius 1 is 1.28 bits per heavy atom. The van der Waals surface area contributed by atoms with Gasteiger partial charge in [0.1, 0.15) is 0 Å². The number of hydrogen-bond donors (Lipinski definition) is 2. The van der Waals surface area contributed by atoms with Crippen LogP contribution in [0.1, 0.15) is 46.5 Å². The van der Waals surface area contributed by atoms with E-state index in [0.717, 1.165) is 18.9 Å². The molecule has 0 radical (unpaired) electrons. The quantitative estimate of drug-likeness (QED) is 0.759. The number of nitrogens with one attached hydrogen (secondary N) is 1. The van der Waals surface area contributed by atoms with Gasteiger partial charge < -0.3 is 15.3 Å². The molecule has 0 aromatic heterocycles. The largest absolute Gasteiger partial charge is 0.395 e. The first-order valence-corrected chi connectivity index (χ1v) is 7.58. The Hall–Kier alpha value is -0.120. The minimum atomic E-state index is 0.285. The number of aliphatic hydroxyl groups excluding tert-OH is 1. The zero-order chi connectivity index (χ0) is 13.2. The smallest absolute Gasteiger partial charge is 0.0585 e. The third kappa shape index (κ3) is 4.22. The predicted molar refractivity (Wildman–Crippen MR) is 75.7 cm³/mol. The molecule has 18 heavy (non-hydrogen) atoms. The number of likely N-dealkylation sites (tertiary alicyclic amines) is 1. The Morgan fingerprint density at radius 3 is 2.50 bits per heavy atom. The van der Waals surface area contributed by atoms with Gasteiger partial charge in [0, 0.05) is 18.6 Å². The van der Waals surface area contributed by atoms with Crippen molar-refractivity contribution in [3.05, 3.63) is 0 Å². The summed E-state index contributed by atoms with van der Waals surface area (Å²) in [4.78, 5) is 2.58. The van der Waals surface area contributed by atoms with E-state index in [9.17, 15) is 5.11 Å². The lowest BCUT2D eigenvalue weighted by atomic mass is 9.80. The van der Waals surface area contributed by atoms with E-state index in [1.165, 1.54) is 32.4 Å². The second-order valence-electron chi connectivity index (χ2n) is 7.26. The summed E-state index contributed by atoms with van der Waals surface area (Å²) in [6.45, 7) is 11.0. The summed E-state index contributed by atoms with van der Waals surface area (Å²) in [5.74, 6) is 0.835. The molecule has 0 spiro atoms. The molecule has 1 aliphatic carbocycles. The van der Waals surface area contributed by atoms with Gasteiger partial charge in [-0.3, -0.25) is 0 Å². The van der Waals surface area contributed by atoms with Crippen molar-refractivity contribution in [1.82, 2.24) is 10.2 Å². The molecule has 0 aromatic carbocycles. The average molecular weight is 254 g/mol. The van der Waals surface area contributed by atoms with Crippen LogP contribution < -0.4 is 5.32 Å². The molecule has 3 nitrogen and oxygen atoms in total. The van der Waals surface area contributed by atoms with E-state index in [2.05, 4.69) is 31.0 Å². The molecular weight excluding hydrogens is 224 g/mol. The lowest BCUT2D eigenvalue weighted by molar-refractivity contribution is 0.201. The molecule has 2 aliphatic rings. The Kier molecular flexibility index (Phi) is 4.68. The van der Waals surface area contributed by atoms with Gasteiger partial charge in [-0.1, -0.05) is 20.8 Å². The molecule has 2 unspecified atom stereocenters. The van der Waals surface area contributed by atoms with E-state index in [4.69, 9.17) is 0 Å². The van der Waals surface area contributed by atoms with E-state index < -0.39 is 0 Å². The van der Waals surface area contributed by atoms with E-state index in [-0.39, 0.29) is 6.61 Å². The molecular formula is C15H30N2O. The average Bonchev–Trinajstić information content (AvgIpc) is 2.97. The zero-order valence-electron chi connectivity index (χ0n) is 12.3. The van der Waals surface area contributed by atoms with Crippen molar-refractivity contribution >= 4 is 0 Å². The minimum absolute atomic E-state index is 0.285. The highest BCUT2D eigenvalue weighted by Crippen LogP contribution is 2.33. The molecule has 1 saturated carbocycles. The van der Waals surface area contributed by atoms with Gasteiger partial charge in [0.25, 0.3) is 0 Å². The van der Waals surface area contributed by atoms with Crippen LogP contribution in [0.15, 0.2) is 0 Å². The third-order valence-electron chi connectivity index (χ3n) is 4.56.